The van der Waals surface area contributed by atoms with E-state index in [9.17, 15) is 8.42 Å². The Hall–Kier alpha value is -2.52. The molecule has 0 aliphatic carbocycles. The van der Waals surface area contributed by atoms with Gasteiger partial charge in [0.05, 0.1) is 4.90 Å². The lowest BCUT2D eigenvalue weighted by atomic mass is 10.4. The first kappa shape index (κ1) is 16.3. The number of aromatic nitrogens is 4. The molecule has 0 fully saturated rings. The molecule has 0 saturated heterocycles. The molecule has 0 aliphatic heterocycles. The zero-order valence-electron chi connectivity index (χ0n) is 13.2. The van der Waals surface area contributed by atoms with Gasteiger partial charge in [0.2, 0.25) is 10.0 Å². The highest BCUT2D eigenvalue weighted by molar-refractivity contribution is 7.89. The first-order valence-corrected chi connectivity index (χ1v) is 9.08. The van der Waals surface area contributed by atoms with Crippen LogP contribution in [0.15, 0.2) is 47.4 Å². The summed E-state index contributed by atoms with van der Waals surface area (Å²) in [6.07, 6.45) is 0.385. The maximum Gasteiger partial charge on any atom is 0.240 e. The van der Waals surface area contributed by atoms with Crippen molar-refractivity contribution >= 4 is 21.5 Å². The van der Waals surface area contributed by atoms with Crippen LogP contribution in [0, 0.1) is 0 Å². The van der Waals surface area contributed by atoms with Crippen LogP contribution in [0.4, 0.5) is 5.82 Å². The Morgan fingerprint density at radius 3 is 2.62 bits per heavy atom. The second-order valence-corrected chi connectivity index (χ2v) is 6.86. The van der Waals surface area contributed by atoms with Crippen LogP contribution in [0.5, 0.6) is 0 Å². The van der Waals surface area contributed by atoms with Gasteiger partial charge >= 0.3 is 0 Å². The molecule has 24 heavy (non-hydrogen) atoms. The van der Waals surface area contributed by atoms with Crippen molar-refractivity contribution in [3.63, 3.8) is 0 Å². The first-order chi connectivity index (χ1) is 11.6. The number of rotatable bonds is 7. The van der Waals surface area contributed by atoms with E-state index in [1.807, 2.05) is 19.1 Å². The minimum Gasteiger partial charge on any atom is -0.369 e. The molecule has 9 heteroatoms. The van der Waals surface area contributed by atoms with Crippen molar-refractivity contribution in [3.8, 4) is 0 Å². The lowest BCUT2D eigenvalue weighted by molar-refractivity contribution is 0.580. The van der Waals surface area contributed by atoms with E-state index in [1.165, 1.54) is 0 Å². The number of sulfonamides is 1. The Balaban J connectivity index is 1.71. The average molecular weight is 346 g/mol. The minimum absolute atomic E-state index is 0.213. The summed E-state index contributed by atoms with van der Waals surface area (Å²) in [4.78, 5) is 0.239. The average Bonchev–Trinajstić information content (AvgIpc) is 2.98. The third-order valence-corrected chi connectivity index (χ3v) is 4.86. The van der Waals surface area contributed by atoms with E-state index >= 15 is 0 Å². The second kappa shape index (κ2) is 6.93. The van der Waals surface area contributed by atoms with E-state index < -0.39 is 10.0 Å². The molecule has 8 nitrogen and oxygen atoms in total. The molecule has 3 aromatic rings. The summed E-state index contributed by atoms with van der Waals surface area (Å²) >= 11 is 0. The smallest absolute Gasteiger partial charge is 0.240 e. The third-order valence-electron chi connectivity index (χ3n) is 3.38. The lowest BCUT2D eigenvalue weighted by Crippen LogP contribution is -2.26. The predicted molar refractivity (Wildman–Crippen MR) is 90.3 cm³/mol. The van der Waals surface area contributed by atoms with Gasteiger partial charge in [-0.25, -0.2) is 13.1 Å². The molecule has 0 spiro atoms. The van der Waals surface area contributed by atoms with E-state index in [-0.39, 0.29) is 11.4 Å². The SMILES string of the molecule is CCNc1ccc2nnc(CCNS(=O)(=O)c3ccccc3)n2n1. The highest BCUT2D eigenvalue weighted by Crippen LogP contribution is 2.09. The van der Waals surface area contributed by atoms with Gasteiger partial charge in [-0.1, -0.05) is 18.2 Å². The van der Waals surface area contributed by atoms with Crippen molar-refractivity contribution in [2.24, 2.45) is 0 Å². The van der Waals surface area contributed by atoms with Crippen LogP contribution in [0.25, 0.3) is 5.65 Å². The summed E-state index contributed by atoms with van der Waals surface area (Å²) in [7, 11) is -3.52. The van der Waals surface area contributed by atoms with E-state index in [1.54, 1.807) is 34.8 Å². The summed E-state index contributed by atoms with van der Waals surface area (Å²) in [6, 6.07) is 11.9. The summed E-state index contributed by atoms with van der Waals surface area (Å²) in [5, 5.41) is 15.6. The molecule has 2 heterocycles. The quantitative estimate of drug-likeness (QED) is 0.664. The Kier molecular flexibility index (Phi) is 4.72. The van der Waals surface area contributed by atoms with E-state index in [4.69, 9.17) is 0 Å². The Morgan fingerprint density at radius 1 is 1.08 bits per heavy atom. The molecule has 0 aliphatic rings. The zero-order valence-corrected chi connectivity index (χ0v) is 14.0. The minimum atomic E-state index is -3.52. The molecule has 0 atom stereocenters. The monoisotopic (exact) mass is 346 g/mol. The molecule has 3 rings (SSSR count). The van der Waals surface area contributed by atoms with Gasteiger partial charge in [0, 0.05) is 19.5 Å². The van der Waals surface area contributed by atoms with Gasteiger partial charge in [-0.2, -0.15) is 4.52 Å². The van der Waals surface area contributed by atoms with Crippen LogP contribution in [0.3, 0.4) is 0 Å². The fraction of sp³-hybridized carbons (Fsp3) is 0.267. The largest absolute Gasteiger partial charge is 0.369 e. The van der Waals surface area contributed by atoms with Crippen LogP contribution < -0.4 is 10.0 Å². The number of anilines is 1. The molecule has 0 saturated carbocycles. The standard InChI is InChI=1S/C15H18N6O2S/c1-2-16-13-8-9-14-18-19-15(21(14)20-13)10-11-17-24(22,23)12-6-4-3-5-7-12/h3-9,17H,2,10-11H2,1H3,(H,16,20). The van der Waals surface area contributed by atoms with Crippen LogP contribution in [0.1, 0.15) is 12.7 Å². The summed E-state index contributed by atoms with van der Waals surface area (Å²) in [5.41, 5.74) is 0.623. The fourth-order valence-electron chi connectivity index (χ4n) is 2.24. The van der Waals surface area contributed by atoms with Gasteiger partial charge in [-0.3, -0.25) is 0 Å². The molecule has 0 radical (unpaired) electrons. The molecular weight excluding hydrogens is 328 g/mol. The van der Waals surface area contributed by atoms with Crippen molar-refractivity contribution in [3.05, 3.63) is 48.3 Å². The lowest BCUT2D eigenvalue weighted by Gasteiger charge is -2.06. The molecule has 0 bridgehead atoms. The molecule has 1 aromatic carbocycles. The topological polar surface area (TPSA) is 101 Å². The van der Waals surface area contributed by atoms with Crippen LogP contribution in [-0.4, -0.2) is 41.3 Å². The number of benzene rings is 1. The van der Waals surface area contributed by atoms with E-state index in [0.29, 0.717) is 17.9 Å². The van der Waals surface area contributed by atoms with Crippen molar-refractivity contribution < 1.29 is 8.42 Å². The highest BCUT2D eigenvalue weighted by Gasteiger charge is 2.14. The van der Waals surface area contributed by atoms with Gasteiger partial charge in [0.25, 0.3) is 0 Å². The van der Waals surface area contributed by atoms with Crippen LogP contribution in [0.2, 0.25) is 0 Å². The Bertz CT molecular complexity index is 924. The fourth-order valence-corrected chi connectivity index (χ4v) is 3.30. The normalized spacial score (nSPS) is 11.7. The van der Waals surface area contributed by atoms with Gasteiger partial charge in [-0.05, 0) is 31.2 Å². The maximum atomic E-state index is 12.2. The van der Waals surface area contributed by atoms with Gasteiger partial charge in [0.1, 0.15) is 5.82 Å². The van der Waals surface area contributed by atoms with Crippen LogP contribution >= 0.6 is 0 Å². The molecule has 2 N–H and O–H groups in total. The van der Waals surface area contributed by atoms with Crippen molar-refractivity contribution in [2.75, 3.05) is 18.4 Å². The third kappa shape index (κ3) is 3.52. The molecule has 2 aromatic heterocycles. The maximum absolute atomic E-state index is 12.2. The van der Waals surface area contributed by atoms with Crippen molar-refractivity contribution in [1.82, 2.24) is 24.5 Å². The first-order valence-electron chi connectivity index (χ1n) is 7.60. The molecule has 0 unspecified atom stereocenters. The highest BCUT2D eigenvalue weighted by atomic mass is 32.2. The Labute approximate surface area is 140 Å². The molecular formula is C15H18N6O2S. The predicted octanol–water partition coefficient (Wildman–Crippen LogP) is 1.08. The Morgan fingerprint density at radius 2 is 1.88 bits per heavy atom. The van der Waals surface area contributed by atoms with Crippen LogP contribution in [-0.2, 0) is 16.4 Å². The number of hydrogen-bond donors (Lipinski definition) is 2. The van der Waals surface area contributed by atoms with Gasteiger partial charge in [0.15, 0.2) is 11.5 Å². The van der Waals surface area contributed by atoms with Crippen molar-refractivity contribution in [2.45, 2.75) is 18.2 Å². The number of nitrogens with zero attached hydrogens (tertiary/aromatic N) is 4. The summed E-state index contributed by atoms with van der Waals surface area (Å²) in [5.74, 6) is 1.32. The molecule has 0 amide bonds. The summed E-state index contributed by atoms with van der Waals surface area (Å²) < 4.78 is 28.6. The van der Waals surface area contributed by atoms with Gasteiger partial charge < -0.3 is 5.32 Å². The zero-order chi connectivity index (χ0) is 17.0. The summed E-state index contributed by atoms with van der Waals surface area (Å²) in [6.45, 7) is 2.95. The van der Waals surface area contributed by atoms with E-state index in [0.717, 1.165) is 12.4 Å². The molecule has 126 valence electrons. The van der Waals surface area contributed by atoms with E-state index in [2.05, 4.69) is 25.3 Å². The number of fused-ring (bicyclic) bond motifs is 1. The number of nitrogens with one attached hydrogen (secondary N) is 2. The van der Waals surface area contributed by atoms with Gasteiger partial charge in [-0.15, -0.1) is 15.3 Å². The van der Waals surface area contributed by atoms with Crippen molar-refractivity contribution in [1.29, 1.82) is 0 Å². The second-order valence-electron chi connectivity index (χ2n) is 5.10. The number of hydrogen-bond acceptors (Lipinski definition) is 6.